The van der Waals surface area contributed by atoms with Crippen molar-refractivity contribution in [1.29, 1.82) is 0 Å². The summed E-state index contributed by atoms with van der Waals surface area (Å²) in [5, 5.41) is 3.58. The van der Waals surface area contributed by atoms with Gasteiger partial charge in [0.05, 0.1) is 0 Å². The molecule has 1 amide bonds. The SMILES string of the molecule is CCCN1CCC(C(C)NCCN(C)C(=O)OC(C)(C)C)CC1. The molecule has 0 spiro atoms. The summed E-state index contributed by atoms with van der Waals surface area (Å²) in [6.45, 7) is 15.4. The van der Waals surface area contributed by atoms with Crippen molar-refractivity contribution in [3.05, 3.63) is 0 Å². The maximum Gasteiger partial charge on any atom is 0.410 e. The lowest BCUT2D eigenvalue weighted by Crippen LogP contribution is -2.44. The van der Waals surface area contributed by atoms with E-state index in [0.29, 0.717) is 12.6 Å². The highest BCUT2D eigenvalue weighted by molar-refractivity contribution is 5.67. The monoisotopic (exact) mass is 327 g/mol. The van der Waals surface area contributed by atoms with Gasteiger partial charge < -0.3 is 19.9 Å². The fraction of sp³-hybridized carbons (Fsp3) is 0.944. The average molecular weight is 328 g/mol. The molecule has 1 N–H and O–H groups in total. The Hall–Kier alpha value is -0.810. The van der Waals surface area contributed by atoms with E-state index in [1.165, 1.54) is 38.9 Å². The zero-order valence-corrected chi connectivity index (χ0v) is 16.0. The van der Waals surface area contributed by atoms with E-state index in [2.05, 4.69) is 24.1 Å². The highest BCUT2D eigenvalue weighted by Crippen LogP contribution is 2.20. The predicted octanol–water partition coefficient (Wildman–Crippen LogP) is 2.95. The fourth-order valence-electron chi connectivity index (χ4n) is 3.05. The van der Waals surface area contributed by atoms with E-state index in [1.807, 2.05) is 20.8 Å². The summed E-state index contributed by atoms with van der Waals surface area (Å²) in [6, 6.07) is 0.505. The first-order chi connectivity index (χ1) is 10.7. The molecule has 0 aromatic heterocycles. The lowest BCUT2D eigenvalue weighted by molar-refractivity contribution is 0.0298. The normalized spacial score (nSPS) is 18.7. The molecular weight excluding hydrogens is 290 g/mol. The summed E-state index contributed by atoms with van der Waals surface area (Å²) in [5.74, 6) is 0.745. The van der Waals surface area contributed by atoms with Gasteiger partial charge in [0.1, 0.15) is 5.60 Å². The van der Waals surface area contributed by atoms with Crippen LogP contribution in [-0.2, 0) is 4.74 Å². The number of nitrogens with one attached hydrogen (secondary N) is 1. The number of carbonyl (C=O) groups excluding carboxylic acids is 1. The van der Waals surface area contributed by atoms with Gasteiger partial charge in [0.15, 0.2) is 0 Å². The van der Waals surface area contributed by atoms with Gasteiger partial charge in [-0.2, -0.15) is 0 Å². The fourth-order valence-corrected chi connectivity index (χ4v) is 3.05. The van der Waals surface area contributed by atoms with E-state index in [0.717, 1.165) is 12.5 Å². The van der Waals surface area contributed by atoms with Gasteiger partial charge in [-0.1, -0.05) is 6.92 Å². The number of amides is 1. The number of likely N-dealkylation sites (tertiary alicyclic amines) is 1. The molecule has 0 aromatic carbocycles. The summed E-state index contributed by atoms with van der Waals surface area (Å²) >= 11 is 0. The molecule has 136 valence electrons. The Kier molecular flexibility index (Phi) is 8.34. The number of carbonyl (C=O) groups is 1. The van der Waals surface area contributed by atoms with Crippen molar-refractivity contribution in [2.75, 3.05) is 39.8 Å². The van der Waals surface area contributed by atoms with Gasteiger partial charge in [-0.25, -0.2) is 4.79 Å². The molecule has 23 heavy (non-hydrogen) atoms. The van der Waals surface area contributed by atoms with Crippen molar-refractivity contribution in [3.8, 4) is 0 Å². The molecule has 5 heteroatoms. The van der Waals surface area contributed by atoms with Crippen LogP contribution in [0.1, 0.15) is 53.9 Å². The smallest absolute Gasteiger partial charge is 0.410 e. The van der Waals surface area contributed by atoms with Gasteiger partial charge >= 0.3 is 6.09 Å². The molecule has 0 saturated carbocycles. The third kappa shape index (κ3) is 8.02. The van der Waals surface area contributed by atoms with E-state index in [-0.39, 0.29) is 6.09 Å². The second kappa shape index (κ2) is 9.48. The molecule has 1 aliphatic rings. The second-order valence-electron chi connectivity index (χ2n) is 7.82. The van der Waals surface area contributed by atoms with Crippen LogP contribution in [0.25, 0.3) is 0 Å². The topological polar surface area (TPSA) is 44.8 Å². The Bertz CT molecular complexity index is 347. The number of rotatable bonds is 7. The van der Waals surface area contributed by atoms with Crippen molar-refractivity contribution in [2.45, 2.75) is 65.5 Å². The van der Waals surface area contributed by atoms with Gasteiger partial charge in [-0.3, -0.25) is 0 Å². The third-order valence-corrected chi connectivity index (χ3v) is 4.50. The molecule has 0 aliphatic carbocycles. The van der Waals surface area contributed by atoms with E-state index >= 15 is 0 Å². The summed E-state index contributed by atoms with van der Waals surface area (Å²) in [4.78, 5) is 16.1. The van der Waals surface area contributed by atoms with Crippen LogP contribution in [0.2, 0.25) is 0 Å². The van der Waals surface area contributed by atoms with Crippen LogP contribution in [0.15, 0.2) is 0 Å². The lowest BCUT2D eigenvalue weighted by atomic mass is 9.90. The van der Waals surface area contributed by atoms with E-state index in [4.69, 9.17) is 4.74 Å². The Morgan fingerprint density at radius 1 is 1.35 bits per heavy atom. The molecule has 1 rings (SSSR count). The van der Waals surface area contributed by atoms with Crippen LogP contribution in [0.3, 0.4) is 0 Å². The quantitative estimate of drug-likeness (QED) is 0.781. The first kappa shape index (κ1) is 20.2. The van der Waals surface area contributed by atoms with E-state index in [1.54, 1.807) is 11.9 Å². The lowest BCUT2D eigenvalue weighted by Gasteiger charge is -2.35. The van der Waals surface area contributed by atoms with Crippen LogP contribution in [0.5, 0.6) is 0 Å². The second-order valence-corrected chi connectivity index (χ2v) is 7.82. The van der Waals surface area contributed by atoms with Gasteiger partial charge in [0.2, 0.25) is 0 Å². The highest BCUT2D eigenvalue weighted by Gasteiger charge is 2.23. The van der Waals surface area contributed by atoms with Gasteiger partial charge in [-0.15, -0.1) is 0 Å². The molecule has 0 radical (unpaired) electrons. The Balaban J connectivity index is 2.21. The Morgan fingerprint density at radius 2 is 1.96 bits per heavy atom. The zero-order chi connectivity index (χ0) is 17.5. The van der Waals surface area contributed by atoms with E-state index < -0.39 is 5.60 Å². The molecule has 0 bridgehead atoms. The van der Waals surface area contributed by atoms with Gasteiger partial charge in [0.25, 0.3) is 0 Å². The van der Waals surface area contributed by atoms with Crippen LogP contribution in [0.4, 0.5) is 4.79 Å². The minimum absolute atomic E-state index is 0.250. The third-order valence-electron chi connectivity index (χ3n) is 4.50. The predicted molar refractivity (Wildman–Crippen MR) is 95.8 cm³/mol. The zero-order valence-electron chi connectivity index (χ0n) is 16.0. The van der Waals surface area contributed by atoms with Crippen LogP contribution in [0, 0.1) is 5.92 Å². The van der Waals surface area contributed by atoms with Crippen molar-refractivity contribution in [2.24, 2.45) is 5.92 Å². The van der Waals surface area contributed by atoms with Gasteiger partial charge in [0, 0.05) is 26.2 Å². The highest BCUT2D eigenvalue weighted by atomic mass is 16.6. The number of nitrogens with zero attached hydrogens (tertiary/aromatic N) is 2. The Morgan fingerprint density at radius 3 is 2.48 bits per heavy atom. The molecule has 5 nitrogen and oxygen atoms in total. The molecule has 1 heterocycles. The summed E-state index contributed by atoms with van der Waals surface area (Å²) in [6.07, 6.45) is 3.54. The first-order valence-electron chi connectivity index (χ1n) is 9.12. The number of piperidine rings is 1. The maximum atomic E-state index is 11.9. The van der Waals surface area contributed by atoms with Crippen molar-refractivity contribution in [1.82, 2.24) is 15.1 Å². The summed E-state index contributed by atoms with van der Waals surface area (Å²) in [5.41, 5.74) is -0.432. The van der Waals surface area contributed by atoms with Crippen molar-refractivity contribution < 1.29 is 9.53 Å². The largest absolute Gasteiger partial charge is 0.444 e. The standard InChI is InChI=1S/C18H37N3O2/c1-7-11-21-12-8-16(9-13-21)15(2)19-10-14-20(6)17(22)23-18(3,4)5/h15-16,19H,7-14H2,1-6H3. The van der Waals surface area contributed by atoms with Crippen LogP contribution < -0.4 is 5.32 Å². The van der Waals surface area contributed by atoms with Crippen LogP contribution >= 0.6 is 0 Å². The maximum absolute atomic E-state index is 11.9. The van der Waals surface area contributed by atoms with Crippen molar-refractivity contribution in [3.63, 3.8) is 0 Å². The Labute approximate surface area is 142 Å². The summed E-state index contributed by atoms with van der Waals surface area (Å²) in [7, 11) is 1.80. The minimum Gasteiger partial charge on any atom is -0.444 e. The number of hydrogen-bond donors (Lipinski definition) is 1. The molecule has 0 aromatic rings. The van der Waals surface area contributed by atoms with Crippen molar-refractivity contribution >= 4 is 6.09 Å². The molecule has 1 atom stereocenters. The summed E-state index contributed by atoms with van der Waals surface area (Å²) < 4.78 is 5.36. The molecule has 1 unspecified atom stereocenters. The number of hydrogen-bond acceptors (Lipinski definition) is 4. The average Bonchev–Trinajstić information content (AvgIpc) is 2.46. The minimum atomic E-state index is -0.432. The number of ether oxygens (including phenoxy) is 1. The van der Waals surface area contributed by atoms with E-state index in [9.17, 15) is 4.79 Å². The van der Waals surface area contributed by atoms with Crippen LogP contribution in [-0.4, -0.2) is 67.3 Å². The molecule has 1 saturated heterocycles. The molecular formula is C18H37N3O2. The molecule has 1 fully saturated rings. The number of likely N-dealkylation sites (N-methyl/N-ethyl adjacent to an activating group) is 1. The molecule has 1 aliphatic heterocycles. The first-order valence-corrected chi connectivity index (χ1v) is 9.12. The van der Waals surface area contributed by atoms with Gasteiger partial charge in [-0.05, 0) is 72.5 Å².